The molecule has 0 spiro atoms. The van der Waals surface area contributed by atoms with Crippen LogP contribution in [0.3, 0.4) is 0 Å². The lowest BCUT2D eigenvalue weighted by molar-refractivity contribution is -0.150. The third kappa shape index (κ3) is 2.70. The molecule has 80 valence electrons. The van der Waals surface area contributed by atoms with E-state index in [-0.39, 0.29) is 5.91 Å². The lowest BCUT2D eigenvalue weighted by Gasteiger charge is -2.21. The van der Waals surface area contributed by atoms with Crippen LogP contribution in [0.5, 0.6) is 0 Å². The van der Waals surface area contributed by atoms with Crippen molar-refractivity contribution in [1.29, 1.82) is 0 Å². The fourth-order valence-electron chi connectivity index (χ4n) is 1.35. The molecular formula is C9H15NO4. The summed E-state index contributed by atoms with van der Waals surface area (Å²) in [7, 11) is 0. The Kier molecular flexibility index (Phi) is 3.88. The number of carboxylic acid groups (broad SMARTS) is 1. The van der Waals surface area contributed by atoms with Crippen molar-refractivity contribution in [3.8, 4) is 0 Å². The van der Waals surface area contributed by atoms with Crippen molar-refractivity contribution in [3.05, 3.63) is 0 Å². The van der Waals surface area contributed by atoms with E-state index in [0.29, 0.717) is 26.3 Å². The Balaban J connectivity index is 2.53. The molecule has 5 nitrogen and oxygen atoms in total. The zero-order valence-electron chi connectivity index (χ0n) is 8.23. The second-order valence-electron chi connectivity index (χ2n) is 3.35. The molecule has 1 heterocycles. The van der Waals surface area contributed by atoms with Gasteiger partial charge in [0.2, 0.25) is 5.91 Å². The summed E-state index contributed by atoms with van der Waals surface area (Å²) >= 11 is 0. The average molecular weight is 201 g/mol. The van der Waals surface area contributed by atoms with E-state index >= 15 is 0 Å². The van der Waals surface area contributed by atoms with Gasteiger partial charge in [-0.15, -0.1) is 0 Å². The van der Waals surface area contributed by atoms with E-state index in [0.717, 1.165) is 6.42 Å². The van der Waals surface area contributed by atoms with Crippen molar-refractivity contribution in [3.63, 3.8) is 0 Å². The molecule has 1 aliphatic heterocycles. The zero-order chi connectivity index (χ0) is 10.6. The quantitative estimate of drug-likeness (QED) is 0.636. The van der Waals surface area contributed by atoms with Gasteiger partial charge in [0.05, 0.1) is 6.61 Å². The maximum absolute atomic E-state index is 11.6. The number of aliphatic carboxylic acids is 1. The van der Waals surface area contributed by atoms with Crippen LogP contribution in [0.15, 0.2) is 0 Å². The maximum Gasteiger partial charge on any atom is 0.315 e. The highest BCUT2D eigenvalue weighted by Crippen LogP contribution is 2.06. The first-order chi connectivity index (χ1) is 6.63. The number of carbonyl (C=O) groups is 2. The SMILES string of the molecule is CC(C(=O)O)C(=O)N1CCCOCC1. The highest BCUT2D eigenvalue weighted by Gasteiger charge is 2.26. The molecule has 5 heteroatoms. The Morgan fingerprint density at radius 1 is 1.36 bits per heavy atom. The number of rotatable bonds is 2. The maximum atomic E-state index is 11.6. The molecular weight excluding hydrogens is 186 g/mol. The number of hydrogen-bond acceptors (Lipinski definition) is 3. The first kappa shape index (κ1) is 11.0. The molecule has 1 aliphatic rings. The molecule has 1 rings (SSSR count). The number of hydrogen-bond donors (Lipinski definition) is 1. The molecule has 0 aliphatic carbocycles. The van der Waals surface area contributed by atoms with Gasteiger partial charge in [-0.2, -0.15) is 0 Å². The predicted octanol–water partition coefficient (Wildman–Crippen LogP) is -0.0440. The van der Waals surface area contributed by atoms with E-state index < -0.39 is 11.9 Å². The summed E-state index contributed by atoms with van der Waals surface area (Å²) in [6.45, 7) is 3.65. The average Bonchev–Trinajstić information content (AvgIpc) is 2.43. The molecule has 14 heavy (non-hydrogen) atoms. The van der Waals surface area contributed by atoms with Crippen LogP contribution < -0.4 is 0 Å². The molecule has 0 aromatic heterocycles. The predicted molar refractivity (Wildman–Crippen MR) is 48.8 cm³/mol. The second kappa shape index (κ2) is 4.95. The van der Waals surface area contributed by atoms with E-state index in [2.05, 4.69) is 0 Å². The summed E-state index contributed by atoms with van der Waals surface area (Å²) in [5.41, 5.74) is 0. The van der Waals surface area contributed by atoms with E-state index in [1.165, 1.54) is 6.92 Å². The molecule has 1 atom stereocenters. The van der Waals surface area contributed by atoms with Gasteiger partial charge >= 0.3 is 5.97 Å². The summed E-state index contributed by atoms with van der Waals surface area (Å²) in [5.74, 6) is -2.34. The smallest absolute Gasteiger partial charge is 0.315 e. The summed E-state index contributed by atoms with van der Waals surface area (Å²) in [5, 5.41) is 8.67. The third-order valence-corrected chi connectivity index (χ3v) is 2.27. The van der Waals surface area contributed by atoms with Gasteiger partial charge in [-0.05, 0) is 13.3 Å². The number of amides is 1. The minimum Gasteiger partial charge on any atom is -0.481 e. The number of carbonyl (C=O) groups excluding carboxylic acids is 1. The molecule has 0 aromatic rings. The highest BCUT2D eigenvalue weighted by molar-refractivity contribution is 5.96. The molecule has 1 unspecified atom stereocenters. The molecule has 0 aromatic carbocycles. The molecule has 1 saturated heterocycles. The van der Waals surface area contributed by atoms with Crippen LogP contribution in [0.25, 0.3) is 0 Å². The van der Waals surface area contributed by atoms with E-state index in [1.54, 1.807) is 4.90 Å². The normalized spacial score (nSPS) is 19.9. The molecule has 0 saturated carbocycles. The van der Waals surface area contributed by atoms with Crippen molar-refractivity contribution in [2.75, 3.05) is 26.3 Å². The minimum atomic E-state index is -1.07. The molecule has 1 amide bonds. The first-order valence-corrected chi connectivity index (χ1v) is 4.72. The summed E-state index contributed by atoms with van der Waals surface area (Å²) in [6.07, 6.45) is 0.776. The summed E-state index contributed by atoms with van der Waals surface area (Å²) in [4.78, 5) is 23.7. The van der Waals surface area contributed by atoms with Gasteiger partial charge in [0.15, 0.2) is 0 Å². The van der Waals surface area contributed by atoms with Crippen LogP contribution in [0.4, 0.5) is 0 Å². The van der Waals surface area contributed by atoms with Crippen LogP contribution in [-0.4, -0.2) is 48.2 Å². The number of nitrogens with zero attached hydrogens (tertiary/aromatic N) is 1. The van der Waals surface area contributed by atoms with Gasteiger partial charge in [0.25, 0.3) is 0 Å². The largest absolute Gasteiger partial charge is 0.481 e. The summed E-state index contributed by atoms with van der Waals surface area (Å²) in [6, 6.07) is 0. The van der Waals surface area contributed by atoms with Crippen molar-refractivity contribution >= 4 is 11.9 Å². The van der Waals surface area contributed by atoms with Crippen molar-refractivity contribution < 1.29 is 19.4 Å². The molecule has 1 N–H and O–H groups in total. The Morgan fingerprint density at radius 3 is 2.71 bits per heavy atom. The fourth-order valence-corrected chi connectivity index (χ4v) is 1.35. The van der Waals surface area contributed by atoms with E-state index in [1.807, 2.05) is 0 Å². The van der Waals surface area contributed by atoms with Crippen LogP contribution in [-0.2, 0) is 14.3 Å². The standard InChI is InChI=1S/C9H15NO4/c1-7(9(12)13)8(11)10-3-2-5-14-6-4-10/h7H,2-6H2,1H3,(H,12,13). The summed E-state index contributed by atoms with van der Waals surface area (Å²) < 4.78 is 5.17. The third-order valence-electron chi connectivity index (χ3n) is 2.27. The Labute approximate surface area is 82.6 Å². The van der Waals surface area contributed by atoms with Crippen LogP contribution in [0, 0.1) is 5.92 Å². The van der Waals surface area contributed by atoms with Crippen LogP contribution in [0.2, 0.25) is 0 Å². The lowest BCUT2D eigenvalue weighted by Crippen LogP contribution is -2.39. The molecule has 0 bridgehead atoms. The topological polar surface area (TPSA) is 66.8 Å². The van der Waals surface area contributed by atoms with Gasteiger partial charge in [-0.3, -0.25) is 9.59 Å². The number of ether oxygens (including phenoxy) is 1. The van der Waals surface area contributed by atoms with Gasteiger partial charge in [-0.1, -0.05) is 0 Å². The minimum absolute atomic E-state index is 0.317. The van der Waals surface area contributed by atoms with Gasteiger partial charge in [-0.25, -0.2) is 0 Å². The van der Waals surface area contributed by atoms with E-state index in [9.17, 15) is 9.59 Å². The molecule has 0 radical (unpaired) electrons. The Bertz CT molecular complexity index is 221. The van der Waals surface area contributed by atoms with Gasteiger partial charge in [0, 0.05) is 19.7 Å². The van der Waals surface area contributed by atoms with Gasteiger partial charge < -0.3 is 14.7 Å². The first-order valence-electron chi connectivity index (χ1n) is 4.72. The Hall–Kier alpha value is -1.10. The van der Waals surface area contributed by atoms with Crippen molar-refractivity contribution in [2.24, 2.45) is 5.92 Å². The van der Waals surface area contributed by atoms with Crippen LogP contribution >= 0.6 is 0 Å². The Morgan fingerprint density at radius 2 is 2.07 bits per heavy atom. The monoisotopic (exact) mass is 201 g/mol. The fraction of sp³-hybridized carbons (Fsp3) is 0.778. The van der Waals surface area contributed by atoms with Gasteiger partial charge in [0.1, 0.15) is 5.92 Å². The zero-order valence-corrected chi connectivity index (χ0v) is 8.23. The second-order valence-corrected chi connectivity index (χ2v) is 3.35. The van der Waals surface area contributed by atoms with Crippen molar-refractivity contribution in [1.82, 2.24) is 4.90 Å². The van der Waals surface area contributed by atoms with E-state index in [4.69, 9.17) is 9.84 Å². The number of carboxylic acids is 1. The van der Waals surface area contributed by atoms with Crippen LogP contribution in [0.1, 0.15) is 13.3 Å². The highest BCUT2D eigenvalue weighted by atomic mass is 16.5. The lowest BCUT2D eigenvalue weighted by atomic mass is 10.1. The molecule has 1 fully saturated rings. The van der Waals surface area contributed by atoms with Crippen molar-refractivity contribution in [2.45, 2.75) is 13.3 Å².